The molecule has 4 bridgehead atoms. The number of urea groups is 2. The average molecular weight is 1580 g/mol. The Bertz CT molecular complexity index is 2500. The molecule has 4 aliphatic rings. The number of hydroxylamine groups is 4. The molecule has 6 heterocycles. The van der Waals surface area contributed by atoms with Crippen molar-refractivity contribution in [3.63, 3.8) is 0 Å². The molecule has 2 aromatic heterocycles. The summed E-state index contributed by atoms with van der Waals surface area (Å²) in [5.74, 6) is -4.02. The van der Waals surface area contributed by atoms with E-state index < -0.39 is 45.8 Å². The van der Waals surface area contributed by atoms with E-state index in [1.165, 1.54) is 249 Å². The number of nitrogens with zero attached hydrogens (tertiary/aromatic N) is 6. The van der Waals surface area contributed by atoms with Crippen LogP contribution in [0.25, 0.3) is 11.1 Å². The third-order valence-corrected chi connectivity index (χ3v) is 18.1. The third kappa shape index (κ3) is 42.7. The number of hydrogen-bond donors (Lipinski definition) is 2. The number of rotatable bonds is 52. The quantitative estimate of drug-likeness (QED) is 0.0157. The van der Waals surface area contributed by atoms with Crippen LogP contribution in [0.15, 0.2) is 45.9 Å². The Morgan fingerprint density at radius 2 is 0.772 bits per heavy atom. The molecule has 582 valence electrons. The Kier molecular flexibility index (Phi) is 51.8. The van der Waals surface area contributed by atoms with Crippen LogP contribution in [0, 0.1) is 0 Å². The highest BCUT2D eigenvalue weighted by Crippen LogP contribution is 2.33. The Balaban J connectivity index is 0.000000465. The first-order valence-electron chi connectivity index (χ1n) is 37.9. The van der Waals surface area contributed by atoms with E-state index in [2.05, 4.69) is 45.1 Å². The number of oxazole rings is 2. The van der Waals surface area contributed by atoms with E-state index in [4.69, 9.17) is 18.7 Å². The van der Waals surface area contributed by atoms with Crippen molar-refractivity contribution in [1.29, 1.82) is 0 Å². The molecule has 0 aliphatic carbocycles. The Morgan fingerprint density at radius 1 is 0.465 bits per heavy atom. The summed E-state index contributed by atoms with van der Waals surface area (Å²) >= 11 is 3.82. The summed E-state index contributed by atoms with van der Waals surface area (Å²) in [5.41, 5.74) is 1.42. The van der Waals surface area contributed by atoms with Gasteiger partial charge in [0, 0.05) is 62.7 Å². The highest BCUT2D eigenvalue weighted by atomic mass is 79.9. The molecule has 2 N–H and O–H groups in total. The lowest BCUT2D eigenvalue weighted by molar-refractivity contribution is -0.326. The van der Waals surface area contributed by atoms with Crippen LogP contribution < -0.4 is 0 Å². The van der Waals surface area contributed by atoms with Crippen molar-refractivity contribution in [2.75, 3.05) is 52.6 Å². The first-order chi connectivity index (χ1) is 48.6. The summed E-state index contributed by atoms with van der Waals surface area (Å²) in [6, 6.07) is -2.18. The number of aliphatic hydroxyl groups is 1. The van der Waals surface area contributed by atoms with Crippen LogP contribution in [0.5, 0.6) is 0 Å². The second-order valence-electron chi connectivity index (χ2n) is 26.3. The third-order valence-electron chi connectivity index (χ3n) is 17.4. The van der Waals surface area contributed by atoms with Gasteiger partial charge in [-0.1, -0.05) is 271 Å². The maximum absolute atomic E-state index is 14.4. The predicted octanol–water partition coefficient (Wildman–Crippen LogP) is 21.3. The van der Waals surface area contributed by atoms with Crippen LogP contribution in [0.4, 0.5) is 35.9 Å². The van der Waals surface area contributed by atoms with Crippen molar-refractivity contribution >= 4 is 73.0 Å². The van der Waals surface area contributed by atoms with Crippen molar-refractivity contribution in [3.05, 3.63) is 48.9 Å². The van der Waals surface area contributed by atoms with E-state index >= 15 is 0 Å². The highest BCUT2D eigenvalue weighted by Gasteiger charge is 2.52. The van der Waals surface area contributed by atoms with Gasteiger partial charge < -0.3 is 38.0 Å². The molecule has 2 saturated heterocycles. The van der Waals surface area contributed by atoms with Crippen LogP contribution >= 0.6 is 31.9 Å². The number of unbranched alkanes of at least 4 members (excludes halogenated alkanes) is 39. The summed E-state index contributed by atoms with van der Waals surface area (Å²) in [5, 5.41) is 19.4. The fourth-order valence-corrected chi connectivity index (χ4v) is 12.0. The van der Waals surface area contributed by atoms with Crippen molar-refractivity contribution in [3.8, 4) is 0 Å². The van der Waals surface area contributed by atoms with E-state index in [1.807, 2.05) is 37.9 Å². The van der Waals surface area contributed by atoms with Gasteiger partial charge in [-0.3, -0.25) is 5.21 Å². The molecular formula is C74H122Br2F6N6O13. The van der Waals surface area contributed by atoms with Crippen LogP contribution in [0.2, 0.25) is 0 Å². The summed E-state index contributed by atoms with van der Waals surface area (Å²) in [4.78, 5) is 65.1. The fourth-order valence-electron chi connectivity index (χ4n) is 11.7. The van der Waals surface area contributed by atoms with Crippen LogP contribution in [-0.4, -0.2) is 151 Å². The average Bonchev–Trinajstić information content (AvgIpc) is 1.64. The summed E-state index contributed by atoms with van der Waals surface area (Å²) in [6.07, 6.45) is 57.9. The zero-order valence-electron chi connectivity index (χ0n) is 61.1. The number of carbonyl (C=O) groups excluding carboxylic acids is 5. The lowest BCUT2D eigenvalue weighted by Gasteiger charge is -2.24. The molecule has 6 rings (SSSR count). The van der Waals surface area contributed by atoms with Gasteiger partial charge in [0.25, 0.3) is 0 Å². The van der Waals surface area contributed by atoms with Crippen LogP contribution in [-0.2, 0) is 33.4 Å². The first kappa shape index (κ1) is 92.4. The zero-order chi connectivity index (χ0) is 74.4. The lowest BCUT2D eigenvalue weighted by Crippen LogP contribution is -2.44. The summed E-state index contributed by atoms with van der Waals surface area (Å²) < 4.78 is 101. The number of alkyl halides is 8. The predicted molar refractivity (Wildman–Crippen MR) is 386 cm³/mol. The minimum absolute atomic E-state index is 0.0416. The van der Waals surface area contributed by atoms with E-state index in [-0.39, 0.29) is 45.0 Å². The topological polar surface area (TPSA) is 228 Å². The Hall–Kier alpha value is -4.73. The molecule has 4 aliphatic heterocycles. The molecule has 2 atom stereocenters. The second-order valence-corrected chi connectivity index (χ2v) is 28.3. The number of esters is 3. The number of amides is 4. The normalized spacial score (nSPS) is 15.5. The van der Waals surface area contributed by atoms with Crippen molar-refractivity contribution in [1.82, 2.24) is 29.9 Å². The number of fused-ring (bicyclic) bond motifs is 4. The molecular weight excluding hydrogens is 1450 g/mol. The first-order valence-corrected chi connectivity index (χ1v) is 39.5. The monoisotopic (exact) mass is 1570 g/mol. The van der Waals surface area contributed by atoms with Crippen LogP contribution in [0.3, 0.4) is 0 Å². The molecule has 2 aromatic rings. The van der Waals surface area contributed by atoms with Gasteiger partial charge in [-0.05, 0) is 38.3 Å². The second kappa shape index (κ2) is 56.6. The molecule has 2 unspecified atom stereocenters. The molecule has 27 heteroatoms. The van der Waals surface area contributed by atoms with Gasteiger partial charge in [-0.25, -0.2) is 33.9 Å². The number of aliphatic hydroxyl groups excluding tert-OH is 1. The minimum atomic E-state index is -4.26. The maximum Gasteiger partial charge on any atom is 0.477 e. The smallest absolute Gasteiger partial charge is 0.461 e. The molecule has 19 nitrogen and oxygen atoms in total. The number of aromatic nitrogens is 2. The SMILES string of the molecule is CCCCCCCCCCCCCCCCO.CCCCCCCCCCCCCCCCOC(=O)C(F)(F)Br.CCCCCCCCCCCCCCCCOC(=O)C(F)(F)ON1C(=O)N2CC(c3ncco3)=CC1C2.CCOC(=O)C(F)(F)Br.O=C1N2CC(c3ncco3)=CC(C2)N1O. The summed E-state index contributed by atoms with van der Waals surface area (Å²) in [6.45, 7) is 9.82. The lowest BCUT2D eigenvalue weighted by atomic mass is 10.0. The maximum atomic E-state index is 14.4. The molecule has 0 spiro atoms. The highest BCUT2D eigenvalue weighted by molar-refractivity contribution is 9.10. The van der Waals surface area contributed by atoms with E-state index in [9.17, 15) is 55.5 Å². The minimum Gasteiger partial charge on any atom is -0.461 e. The molecule has 0 radical (unpaired) electrons. The molecule has 101 heavy (non-hydrogen) atoms. The number of hydrogen-bond acceptors (Lipinski definition) is 15. The van der Waals surface area contributed by atoms with Crippen LogP contribution in [0.1, 0.15) is 309 Å². The van der Waals surface area contributed by atoms with Gasteiger partial charge in [0.15, 0.2) is 0 Å². The Morgan fingerprint density at radius 3 is 1.08 bits per heavy atom. The molecule has 4 amide bonds. The van der Waals surface area contributed by atoms with E-state index in [0.717, 1.165) is 49.2 Å². The van der Waals surface area contributed by atoms with Gasteiger partial charge in [0.2, 0.25) is 11.8 Å². The Labute approximate surface area is 614 Å². The van der Waals surface area contributed by atoms with Gasteiger partial charge in [0.05, 0.1) is 57.4 Å². The largest absolute Gasteiger partial charge is 0.477 e. The number of carbonyl (C=O) groups is 5. The summed E-state index contributed by atoms with van der Waals surface area (Å²) in [7, 11) is 0. The van der Waals surface area contributed by atoms with Gasteiger partial charge >= 0.3 is 45.7 Å². The van der Waals surface area contributed by atoms with Gasteiger partial charge in [-0.2, -0.15) is 41.3 Å². The van der Waals surface area contributed by atoms with Crippen molar-refractivity contribution in [2.24, 2.45) is 0 Å². The van der Waals surface area contributed by atoms with Crippen molar-refractivity contribution in [2.45, 2.75) is 325 Å². The zero-order valence-corrected chi connectivity index (χ0v) is 64.2. The standard InChI is InChI=1S/C27H41F2N3O5.C18H33BrF2O2.C16H34O.C9H9N3O3.C4H5BrF2O2/c1-2-3-4-5-6-7-8-9-10-11-12-13-14-15-17-36-25(33)27(28,29)37-32-23-19-22(24-30-16-18-35-24)20-31(21-23)26(32)34;1-2-3-4-5-6-7-8-9-10-11-12-13-14-15-16-23-17(22)18(19,20)21;1-2-3-4-5-6-7-8-9-10-11-12-13-14-15-16-17;13-9-11-4-6(8-10-1-2-15-8)3-7(5-11)12(9)14;1-2-9-3(8)4(5,6)7/h16,18-19,23H,2-15,17,20-21H2,1H3;2-16H2,1H3;17H,2-16H2,1H3;1-3,7,14H,4-5H2;2H2,1H3. The molecule has 0 saturated carbocycles. The number of halogens is 8. The fraction of sp³-hybridized carbons (Fsp3) is 0.797. The van der Waals surface area contributed by atoms with E-state index in [1.54, 1.807) is 17.2 Å². The molecule has 2 fully saturated rings. The van der Waals surface area contributed by atoms with Gasteiger partial charge in [0.1, 0.15) is 12.5 Å². The van der Waals surface area contributed by atoms with E-state index in [0.29, 0.717) is 55.0 Å². The molecule has 0 aromatic carbocycles. The number of ether oxygens (including phenoxy) is 3. The van der Waals surface area contributed by atoms with Gasteiger partial charge in [-0.15, -0.1) is 0 Å². The van der Waals surface area contributed by atoms with Crippen molar-refractivity contribution < 1.29 is 88.5 Å².